The number of hydrogen-bond donors (Lipinski definition) is 2. The number of thiophene rings is 1. The molecule has 2 saturated heterocycles. The van der Waals surface area contributed by atoms with Gasteiger partial charge in [-0.05, 0) is 37.1 Å². The van der Waals surface area contributed by atoms with E-state index < -0.39 is 5.97 Å². The molecule has 0 aliphatic carbocycles. The number of nitrogens with one attached hydrogen (secondary N) is 1. The van der Waals surface area contributed by atoms with Gasteiger partial charge < -0.3 is 25.0 Å². The third-order valence-electron chi connectivity index (χ3n) is 5.98. The summed E-state index contributed by atoms with van der Waals surface area (Å²) in [6, 6.07) is 12.4. The van der Waals surface area contributed by atoms with Crippen molar-refractivity contribution in [2.75, 3.05) is 54.5 Å². The zero-order valence-electron chi connectivity index (χ0n) is 17.3. The predicted octanol–water partition coefficient (Wildman–Crippen LogP) is 3.91. The van der Waals surface area contributed by atoms with Crippen molar-refractivity contribution in [3.63, 3.8) is 0 Å². The molecule has 31 heavy (non-hydrogen) atoms. The number of piperidine rings is 1. The van der Waals surface area contributed by atoms with E-state index >= 15 is 0 Å². The molecule has 2 aliphatic heterocycles. The molecule has 1 aromatic carbocycles. The lowest BCUT2D eigenvalue weighted by atomic mass is 10.0. The first-order valence-corrected chi connectivity index (χ1v) is 11.5. The number of carboxylic acids is 1. The van der Waals surface area contributed by atoms with Crippen LogP contribution in [0.4, 0.5) is 17.2 Å². The Hall–Kier alpha value is -2.84. The normalized spacial score (nSPS) is 19.5. The number of fused-ring (bicyclic) bond motifs is 1. The molecule has 5 rings (SSSR count). The van der Waals surface area contributed by atoms with Gasteiger partial charge in [0.1, 0.15) is 10.7 Å². The maximum Gasteiger partial charge on any atom is 0.345 e. The molecule has 8 heteroatoms. The minimum Gasteiger partial charge on any atom is -0.477 e. The van der Waals surface area contributed by atoms with Crippen molar-refractivity contribution < 1.29 is 14.6 Å². The van der Waals surface area contributed by atoms with E-state index in [9.17, 15) is 9.90 Å². The van der Waals surface area contributed by atoms with E-state index in [1.165, 1.54) is 17.0 Å². The maximum absolute atomic E-state index is 11.4. The lowest BCUT2D eigenvalue weighted by Crippen LogP contribution is -2.42. The first kappa shape index (κ1) is 20.1. The number of aromatic nitrogens is 1. The lowest BCUT2D eigenvalue weighted by molar-refractivity contribution is 0.0702. The Morgan fingerprint density at radius 1 is 1.16 bits per heavy atom. The van der Waals surface area contributed by atoms with E-state index in [0.29, 0.717) is 4.88 Å². The van der Waals surface area contributed by atoms with Gasteiger partial charge in [0.05, 0.1) is 13.2 Å². The van der Waals surface area contributed by atoms with E-state index in [4.69, 9.17) is 4.74 Å². The number of carbonyl (C=O) groups is 1. The van der Waals surface area contributed by atoms with E-state index in [0.717, 1.165) is 73.8 Å². The predicted molar refractivity (Wildman–Crippen MR) is 125 cm³/mol. The molecule has 2 N–H and O–H groups in total. The number of aromatic carboxylic acids is 1. The van der Waals surface area contributed by atoms with Crippen LogP contribution in [0, 0.1) is 0 Å². The summed E-state index contributed by atoms with van der Waals surface area (Å²) in [6.07, 6.45) is 4.03. The van der Waals surface area contributed by atoms with Crippen molar-refractivity contribution in [1.29, 1.82) is 0 Å². The van der Waals surface area contributed by atoms with Crippen LogP contribution in [0.2, 0.25) is 0 Å². The van der Waals surface area contributed by atoms with Crippen molar-refractivity contribution in [1.82, 2.24) is 4.98 Å². The minimum atomic E-state index is -0.864. The second kappa shape index (κ2) is 8.72. The van der Waals surface area contributed by atoms with Crippen LogP contribution in [-0.2, 0) is 4.74 Å². The topological polar surface area (TPSA) is 77.9 Å². The summed E-state index contributed by atoms with van der Waals surface area (Å²) in [6.45, 7) is 5.17. The number of ether oxygens (including phenoxy) is 1. The zero-order valence-corrected chi connectivity index (χ0v) is 18.1. The molecule has 4 heterocycles. The molecule has 0 spiro atoms. The Balaban J connectivity index is 1.32. The first-order chi connectivity index (χ1) is 15.2. The monoisotopic (exact) mass is 438 g/mol. The Labute approximate surface area is 185 Å². The third kappa shape index (κ3) is 4.31. The number of morpholine rings is 1. The van der Waals surface area contributed by atoms with Crippen LogP contribution in [0.1, 0.15) is 22.5 Å². The van der Waals surface area contributed by atoms with Gasteiger partial charge in [0, 0.05) is 65.9 Å². The zero-order chi connectivity index (χ0) is 21.2. The summed E-state index contributed by atoms with van der Waals surface area (Å²) in [5.74, 6) is 0.0364. The number of pyridine rings is 1. The molecule has 0 radical (unpaired) electrons. The van der Waals surface area contributed by atoms with Gasteiger partial charge >= 0.3 is 5.97 Å². The molecule has 2 aromatic heterocycles. The number of benzene rings is 1. The molecule has 7 nitrogen and oxygen atoms in total. The van der Waals surface area contributed by atoms with Gasteiger partial charge in [-0.3, -0.25) is 0 Å². The fourth-order valence-corrected chi connectivity index (χ4v) is 5.39. The molecule has 0 saturated carbocycles. The van der Waals surface area contributed by atoms with Gasteiger partial charge in [-0.25, -0.2) is 9.78 Å². The van der Waals surface area contributed by atoms with E-state index in [1.54, 1.807) is 0 Å². The van der Waals surface area contributed by atoms with Gasteiger partial charge in [0.25, 0.3) is 0 Å². The van der Waals surface area contributed by atoms with Crippen LogP contribution in [0.15, 0.2) is 42.6 Å². The quantitative estimate of drug-likeness (QED) is 0.625. The minimum absolute atomic E-state index is 0.286. The van der Waals surface area contributed by atoms with Crippen molar-refractivity contribution in [2.24, 2.45) is 0 Å². The maximum atomic E-state index is 11.4. The molecule has 162 valence electrons. The molecule has 3 aromatic rings. The molecule has 1 atom stereocenters. The van der Waals surface area contributed by atoms with E-state index in [-0.39, 0.29) is 6.04 Å². The molecule has 0 bridgehead atoms. The molecular formula is C23H26N4O3S. The van der Waals surface area contributed by atoms with Crippen LogP contribution in [0.5, 0.6) is 0 Å². The number of anilines is 3. The van der Waals surface area contributed by atoms with E-state index in [1.807, 2.05) is 24.4 Å². The second-order valence-corrected chi connectivity index (χ2v) is 9.12. The highest BCUT2D eigenvalue weighted by atomic mass is 32.1. The summed E-state index contributed by atoms with van der Waals surface area (Å²) in [5.41, 5.74) is 2.29. The summed E-state index contributed by atoms with van der Waals surface area (Å²) < 4.78 is 6.48. The van der Waals surface area contributed by atoms with Crippen LogP contribution in [-0.4, -0.2) is 61.5 Å². The standard InChI is InChI=1S/C23H26N4O3S/c28-23(29)21-14-18-19(4-1-5-20(18)31-21)27-8-2-3-16(15-27)25-22-13-17(6-7-24-22)26-9-11-30-12-10-26/h1,4-7,13-14,16H,2-3,8-12,15H2,(H,24,25)(H,28,29)/t16-/m1/s1. The van der Waals surface area contributed by atoms with Crippen molar-refractivity contribution >= 4 is 44.6 Å². The van der Waals surface area contributed by atoms with Gasteiger partial charge in [-0.1, -0.05) is 6.07 Å². The summed E-state index contributed by atoms with van der Waals surface area (Å²) in [4.78, 5) is 21.1. The van der Waals surface area contributed by atoms with Gasteiger partial charge in [-0.2, -0.15) is 0 Å². The molecule has 0 unspecified atom stereocenters. The van der Waals surface area contributed by atoms with Crippen molar-refractivity contribution in [2.45, 2.75) is 18.9 Å². The molecule has 0 amide bonds. The van der Waals surface area contributed by atoms with Crippen LogP contribution < -0.4 is 15.1 Å². The summed E-state index contributed by atoms with van der Waals surface area (Å²) >= 11 is 1.34. The van der Waals surface area contributed by atoms with Crippen molar-refractivity contribution in [3.8, 4) is 0 Å². The highest BCUT2D eigenvalue weighted by Crippen LogP contribution is 2.35. The average molecular weight is 439 g/mol. The van der Waals surface area contributed by atoms with Crippen molar-refractivity contribution in [3.05, 3.63) is 47.5 Å². The number of nitrogens with zero attached hydrogens (tertiary/aromatic N) is 3. The average Bonchev–Trinajstić information content (AvgIpc) is 3.25. The number of rotatable bonds is 5. The third-order valence-corrected chi connectivity index (χ3v) is 7.07. The SMILES string of the molecule is O=C(O)c1cc2c(N3CCC[C@@H](Nc4cc(N5CCOCC5)ccn4)C3)cccc2s1. The Bertz CT molecular complexity index is 1080. The smallest absolute Gasteiger partial charge is 0.345 e. The fourth-order valence-electron chi connectivity index (χ4n) is 4.47. The Morgan fingerprint density at radius 3 is 2.87 bits per heavy atom. The van der Waals surface area contributed by atoms with Crippen LogP contribution >= 0.6 is 11.3 Å². The first-order valence-electron chi connectivity index (χ1n) is 10.7. The highest BCUT2D eigenvalue weighted by Gasteiger charge is 2.23. The highest BCUT2D eigenvalue weighted by molar-refractivity contribution is 7.20. The van der Waals surface area contributed by atoms with Gasteiger partial charge in [-0.15, -0.1) is 11.3 Å². The summed E-state index contributed by atoms with van der Waals surface area (Å²) in [7, 11) is 0. The van der Waals surface area contributed by atoms with Gasteiger partial charge in [0.15, 0.2) is 0 Å². The Morgan fingerprint density at radius 2 is 2.03 bits per heavy atom. The van der Waals surface area contributed by atoms with E-state index in [2.05, 4.69) is 38.3 Å². The molecule has 2 fully saturated rings. The molecular weight excluding hydrogens is 412 g/mol. The van der Waals surface area contributed by atoms with Crippen LogP contribution in [0.3, 0.4) is 0 Å². The lowest BCUT2D eigenvalue weighted by Gasteiger charge is -2.35. The summed E-state index contributed by atoms with van der Waals surface area (Å²) in [5, 5.41) is 14.0. The van der Waals surface area contributed by atoms with Crippen LogP contribution in [0.25, 0.3) is 10.1 Å². The Kier molecular flexibility index (Phi) is 5.65. The number of hydrogen-bond acceptors (Lipinski definition) is 7. The fraction of sp³-hybridized carbons (Fsp3) is 0.391. The number of carboxylic acid groups (broad SMARTS) is 1. The molecule has 2 aliphatic rings. The van der Waals surface area contributed by atoms with Gasteiger partial charge in [0.2, 0.25) is 0 Å². The second-order valence-electron chi connectivity index (χ2n) is 8.03. The largest absolute Gasteiger partial charge is 0.477 e.